The number of hydrogen-bond donors (Lipinski definition) is 2. The molecule has 0 fully saturated rings. The molecule has 0 unspecified atom stereocenters. The summed E-state index contributed by atoms with van der Waals surface area (Å²) in [5.74, 6) is 0. The Morgan fingerprint density at radius 1 is 1.30 bits per heavy atom. The first kappa shape index (κ1) is 16.7. The third-order valence-corrected chi connectivity index (χ3v) is 8.42. The predicted molar refractivity (Wildman–Crippen MR) is 83.5 cm³/mol. The van der Waals surface area contributed by atoms with E-state index < -0.39 is 14.4 Å². The molecule has 1 rings (SSSR count). The smallest absolute Gasteiger partial charge is 0.405 e. The van der Waals surface area contributed by atoms with Gasteiger partial charge in [-0.1, -0.05) is 51.1 Å². The third-order valence-electron chi connectivity index (χ3n) is 3.92. The van der Waals surface area contributed by atoms with Crippen LogP contribution in [0.25, 0.3) is 0 Å². The Hall–Kier alpha value is -1.33. The average molecular weight is 295 g/mol. The normalized spacial score (nSPS) is 13.8. The lowest BCUT2D eigenvalue weighted by molar-refractivity contribution is 0.178. The molecule has 0 aliphatic carbocycles. The molecule has 0 heterocycles. The van der Waals surface area contributed by atoms with E-state index in [-0.39, 0.29) is 11.1 Å². The third kappa shape index (κ3) is 4.65. The van der Waals surface area contributed by atoms with Crippen molar-refractivity contribution in [3.8, 4) is 0 Å². The van der Waals surface area contributed by atoms with Crippen LogP contribution >= 0.6 is 0 Å². The molecule has 112 valence electrons. The molecule has 1 aromatic rings. The van der Waals surface area contributed by atoms with Gasteiger partial charge in [-0.2, -0.15) is 0 Å². The van der Waals surface area contributed by atoms with Crippen LogP contribution in [0.4, 0.5) is 4.79 Å². The number of benzene rings is 1. The van der Waals surface area contributed by atoms with Crippen LogP contribution in [0.5, 0.6) is 0 Å². The highest BCUT2D eigenvalue weighted by Gasteiger charge is 2.37. The molecule has 2 N–H and O–H groups in total. The van der Waals surface area contributed by atoms with Gasteiger partial charge in [0.15, 0.2) is 8.32 Å². The highest BCUT2D eigenvalue weighted by Crippen LogP contribution is 2.37. The van der Waals surface area contributed by atoms with E-state index in [4.69, 9.17) is 9.53 Å². The van der Waals surface area contributed by atoms with Crippen molar-refractivity contribution in [3.05, 3.63) is 35.9 Å². The minimum absolute atomic E-state index is 0.109. The van der Waals surface area contributed by atoms with Gasteiger partial charge in [0.05, 0.1) is 12.6 Å². The van der Waals surface area contributed by atoms with E-state index in [0.717, 1.165) is 5.56 Å². The number of carbonyl (C=O) groups is 1. The van der Waals surface area contributed by atoms with Crippen LogP contribution < -0.4 is 5.32 Å². The van der Waals surface area contributed by atoms with E-state index >= 15 is 0 Å². The van der Waals surface area contributed by atoms with Crippen molar-refractivity contribution >= 4 is 14.4 Å². The molecule has 0 aliphatic rings. The summed E-state index contributed by atoms with van der Waals surface area (Å²) < 4.78 is 6.12. The Bertz CT molecular complexity index is 440. The fraction of sp³-hybridized carbons (Fsp3) is 0.533. The van der Waals surface area contributed by atoms with Crippen molar-refractivity contribution in [1.82, 2.24) is 5.32 Å². The fourth-order valence-corrected chi connectivity index (χ4v) is 2.58. The van der Waals surface area contributed by atoms with Crippen molar-refractivity contribution in [1.29, 1.82) is 0 Å². The maximum absolute atomic E-state index is 10.9. The summed E-state index contributed by atoms with van der Waals surface area (Å²) in [6, 6.07) is 9.21. The maximum Gasteiger partial charge on any atom is 0.405 e. The highest BCUT2D eigenvalue weighted by atomic mass is 28.4. The summed E-state index contributed by atoms with van der Waals surface area (Å²) in [6.07, 6.45) is -1.03. The highest BCUT2D eigenvalue weighted by molar-refractivity contribution is 6.74. The zero-order valence-electron chi connectivity index (χ0n) is 12.9. The van der Waals surface area contributed by atoms with E-state index in [1.807, 2.05) is 30.3 Å². The molecule has 4 nitrogen and oxygen atoms in total. The lowest BCUT2D eigenvalue weighted by Crippen LogP contribution is -2.43. The van der Waals surface area contributed by atoms with Gasteiger partial charge in [0.25, 0.3) is 0 Å². The molecule has 0 radical (unpaired) electrons. The Balaban J connectivity index is 2.80. The summed E-state index contributed by atoms with van der Waals surface area (Å²) in [5, 5.41) is 11.6. The van der Waals surface area contributed by atoms with Gasteiger partial charge < -0.3 is 14.8 Å². The number of nitrogens with one attached hydrogen (secondary N) is 1. The van der Waals surface area contributed by atoms with Crippen LogP contribution in [0.15, 0.2) is 30.3 Å². The first-order chi connectivity index (χ1) is 9.13. The maximum atomic E-state index is 10.9. The molecule has 0 bridgehead atoms. The van der Waals surface area contributed by atoms with Gasteiger partial charge in [-0.25, -0.2) is 4.79 Å². The molecule has 1 atom stereocenters. The molecule has 5 heteroatoms. The van der Waals surface area contributed by atoms with E-state index in [2.05, 4.69) is 39.2 Å². The SMILES string of the molecule is CC(C)(C)[Si](C)(C)OC[C@H](NC(=O)O)c1ccccc1. The number of carboxylic acid groups (broad SMARTS) is 1. The van der Waals surface area contributed by atoms with E-state index in [0.29, 0.717) is 6.61 Å². The Labute approximate surface area is 122 Å². The predicted octanol–water partition coefficient (Wildman–Crippen LogP) is 4.02. The van der Waals surface area contributed by atoms with Crippen molar-refractivity contribution < 1.29 is 14.3 Å². The summed E-state index contributed by atoms with van der Waals surface area (Å²) in [4.78, 5) is 10.9. The number of hydrogen-bond acceptors (Lipinski definition) is 2. The molecule has 0 aromatic heterocycles. The van der Waals surface area contributed by atoms with Gasteiger partial charge in [0, 0.05) is 0 Å². The second-order valence-corrected chi connectivity index (χ2v) is 11.3. The molecule has 0 aliphatic heterocycles. The first-order valence-electron chi connectivity index (χ1n) is 6.82. The second-order valence-electron chi connectivity index (χ2n) is 6.48. The van der Waals surface area contributed by atoms with Gasteiger partial charge in [-0.15, -0.1) is 0 Å². The standard InChI is InChI=1S/C15H25NO3Si/c1-15(2,3)20(4,5)19-11-13(16-14(17)18)12-9-7-6-8-10-12/h6-10,13,16H,11H2,1-5H3,(H,17,18)/t13-/m0/s1. The minimum atomic E-state index is -1.88. The van der Waals surface area contributed by atoms with Gasteiger partial charge in [0.1, 0.15) is 0 Å². The van der Waals surface area contributed by atoms with Crippen LogP contribution in [-0.2, 0) is 4.43 Å². The second kappa shape index (κ2) is 6.41. The van der Waals surface area contributed by atoms with E-state index in [1.165, 1.54) is 0 Å². The Morgan fingerprint density at radius 2 is 1.85 bits per heavy atom. The number of rotatable bonds is 5. The van der Waals surface area contributed by atoms with Crippen molar-refractivity contribution in [3.63, 3.8) is 0 Å². The average Bonchev–Trinajstić information content (AvgIpc) is 2.33. The zero-order chi connectivity index (χ0) is 15.4. The summed E-state index contributed by atoms with van der Waals surface area (Å²) in [5.41, 5.74) is 0.925. The van der Waals surface area contributed by atoms with Crippen LogP contribution in [0.1, 0.15) is 32.4 Å². The molecule has 0 spiro atoms. The van der Waals surface area contributed by atoms with E-state index in [9.17, 15) is 4.79 Å². The summed E-state index contributed by atoms with van der Waals surface area (Å²) >= 11 is 0. The lowest BCUT2D eigenvalue weighted by atomic mass is 10.1. The van der Waals surface area contributed by atoms with Crippen molar-refractivity contribution in [2.24, 2.45) is 0 Å². The molecule has 1 amide bonds. The van der Waals surface area contributed by atoms with Crippen LogP contribution in [0.2, 0.25) is 18.1 Å². The van der Waals surface area contributed by atoms with Gasteiger partial charge in [0.2, 0.25) is 0 Å². The molecule has 1 aromatic carbocycles. The largest absolute Gasteiger partial charge is 0.465 e. The lowest BCUT2D eigenvalue weighted by Gasteiger charge is -2.37. The summed E-state index contributed by atoms with van der Waals surface area (Å²) in [6.45, 7) is 11.2. The summed E-state index contributed by atoms with van der Waals surface area (Å²) in [7, 11) is -1.88. The monoisotopic (exact) mass is 295 g/mol. The van der Waals surface area contributed by atoms with Gasteiger partial charge in [-0.3, -0.25) is 0 Å². The molecule has 20 heavy (non-hydrogen) atoms. The van der Waals surface area contributed by atoms with Crippen LogP contribution in [0.3, 0.4) is 0 Å². The molecular formula is C15H25NO3Si. The molecule has 0 saturated carbocycles. The fourth-order valence-electron chi connectivity index (χ4n) is 1.56. The van der Waals surface area contributed by atoms with Crippen LogP contribution in [-0.4, -0.2) is 26.1 Å². The quantitative estimate of drug-likeness (QED) is 0.807. The van der Waals surface area contributed by atoms with Crippen LogP contribution in [0, 0.1) is 0 Å². The first-order valence-corrected chi connectivity index (χ1v) is 9.73. The minimum Gasteiger partial charge on any atom is -0.465 e. The topological polar surface area (TPSA) is 58.6 Å². The molecular weight excluding hydrogens is 270 g/mol. The van der Waals surface area contributed by atoms with Gasteiger partial charge >= 0.3 is 6.09 Å². The van der Waals surface area contributed by atoms with Crippen molar-refractivity contribution in [2.45, 2.75) is 44.9 Å². The zero-order valence-corrected chi connectivity index (χ0v) is 13.9. The Morgan fingerprint density at radius 3 is 2.30 bits per heavy atom. The Kier molecular flexibility index (Phi) is 5.36. The van der Waals surface area contributed by atoms with E-state index in [1.54, 1.807) is 0 Å². The number of amides is 1. The van der Waals surface area contributed by atoms with Gasteiger partial charge in [-0.05, 0) is 23.7 Å². The molecule has 0 saturated heterocycles. The van der Waals surface area contributed by atoms with Crippen molar-refractivity contribution in [2.75, 3.05) is 6.61 Å².